The highest BCUT2D eigenvalue weighted by Crippen LogP contribution is 2.14. The van der Waals surface area contributed by atoms with Gasteiger partial charge in [-0.15, -0.1) is 11.8 Å². The zero-order chi connectivity index (χ0) is 15.8. The summed E-state index contributed by atoms with van der Waals surface area (Å²) in [5, 5.41) is 5.37. The van der Waals surface area contributed by atoms with Crippen LogP contribution in [-0.2, 0) is 11.5 Å². The van der Waals surface area contributed by atoms with E-state index in [1.54, 1.807) is 0 Å². The first-order valence-electron chi connectivity index (χ1n) is 6.62. The van der Waals surface area contributed by atoms with Crippen LogP contribution in [0.2, 0.25) is 0 Å². The molecule has 4 heterocycles. The highest BCUT2D eigenvalue weighted by Gasteiger charge is 2.07. The van der Waals surface area contributed by atoms with Crippen LogP contribution < -0.4 is 11.1 Å². The summed E-state index contributed by atoms with van der Waals surface area (Å²) in [5.41, 5.74) is 0.837. The summed E-state index contributed by atoms with van der Waals surface area (Å²) in [6.07, 6.45) is 2.83. The lowest BCUT2D eigenvalue weighted by Gasteiger charge is -2.01. The Balaban J connectivity index is 1.51. The summed E-state index contributed by atoms with van der Waals surface area (Å²) in [4.78, 5) is 40.2. The number of thioether (sulfide) groups is 1. The number of hydrogen-bond donors (Lipinski definition) is 2. The Morgan fingerprint density at radius 1 is 0.870 bits per heavy atom. The molecule has 10 nitrogen and oxygen atoms in total. The first kappa shape index (κ1) is 13.7. The number of fused-ring (bicyclic) bond motifs is 2. The van der Waals surface area contributed by atoms with Gasteiger partial charge in [-0.25, -0.2) is 19.9 Å². The topological polar surface area (TPSA) is 126 Å². The van der Waals surface area contributed by atoms with Gasteiger partial charge in [-0.05, 0) is 0 Å². The molecule has 0 amide bonds. The fraction of sp³-hybridized carbons (Fsp3) is 0.167. The predicted octanol–water partition coefficient (Wildman–Crippen LogP) is -0.418. The van der Waals surface area contributed by atoms with Gasteiger partial charge in [-0.1, -0.05) is 0 Å². The number of nitrogens with one attached hydrogen (secondary N) is 2. The van der Waals surface area contributed by atoms with E-state index in [2.05, 4.69) is 30.1 Å². The third-order valence-corrected chi connectivity index (χ3v) is 4.14. The second kappa shape index (κ2) is 5.35. The van der Waals surface area contributed by atoms with Crippen LogP contribution in [0, 0.1) is 0 Å². The van der Waals surface area contributed by atoms with Crippen molar-refractivity contribution in [3.63, 3.8) is 0 Å². The lowest BCUT2D eigenvalue weighted by Crippen LogP contribution is -2.16. The second-order valence-corrected chi connectivity index (χ2v) is 5.70. The van der Waals surface area contributed by atoms with Crippen molar-refractivity contribution in [1.82, 2.24) is 39.2 Å². The molecule has 0 radical (unpaired) electrons. The minimum atomic E-state index is -0.211. The van der Waals surface area contributed by atoms with E-state index in [4.69, 9.17) is 0 Å². The van der Waals surface area contributed by atoms with Gasteiger partial charge in [-0.3, -0.25) is 19.8 Å². The van der Waals surface area contributed by atoms with Crippen molar-refractivity contribution in [3.05, 3.63) is 56.9 Å². The van der Waals surface area contributed by atoms with E-state index in [1.807, 2.05) is 0 Å². The fourth-order valence-electron chi connectivity index (χ4n) is 2.15. The van der Waals surface area contributed by atoms with E-state index < -0.39 is 0 Å². The highest BCUT2D eigenvalue weighted by atomic mass is 32.2. The van der Waals surface area contributed by atoms with Crippen LogP contribution in [0.5, 0.6) is 0 Å². The minimum absolute atomic E-state index is 0.211. The standard InChI is InChI=1S/C12H10N8O2S/c21-9-1-7(17-11-13-5-15-19(9)11)3-23-4-8-2-10(22)20-12(18-8)14-6-16-20/h1-2,5-6H,3-4H2,(H,13,15,17)(H,14,16,18). The molecule has 0 spiro atoms. The summed E-state index contributed by atoms with van der Waals surface area (Å²) < 4.78 is 2.53. The maximum atomic E-state index is 11.8. The maximum Gasteiger partial charge on any atom is 0.274 e. The second-order valence-electron chi connectivity index (χ2n) is 4.71. The maximum absolute atomic E-state index is 11.8. The molecule has 0 aliphatic heterocycles. The SMILES string of the molecule is O=c1cc(CSCc2cc(=O)n3[nH]cnc3n2)nc2nc[nH]n12. The molecule has 116 valence electrons. The molecule has 0 atom stereocenters. The molecule has 2 N–H and O–H groups in total. The van der Waals surface area contributed by atoms with Gasteiger partial charge in [0.1, 0.15) is 12.7 Å². The Morgan fingerprint density at radius 3 is 1.83 bits per heavy atom. The minimum Gasteiger partial charge on any atom is -0.278 e. The molecule has 4 rings (SSSR count). The van der Waals surface area contributed by atoms with Gasteiger partial charge in [0, 0.05) is 23.6 Å². The van der Waals surface area contributed by atoms with Crippen molar-refractivity contribution in [2.75, 3.05) is 0 Å². The summed E-state index contributed by atoms with van der Waals surface area (Å²) in [5.74, 6) is 1.70. The van der Waals surface area contributed by atoms with Crippen LogP contribution in [0.15, 0.2) is 34.4 Å². The van der Waals surface area contributed by atoms with Crippen LogP contribution in [0.4, 0.5) is 0 Å². The van der Waals surface area contributed by atoms with Crippen molar-refractivity contribution < 1.29 is 0 Å². The molecule has 0 saturated carbocycles. The van der Waals surface area contributed by atoms with Gasteiger partial charge in [0.2, 0.25) is 0 Å². The van der Waals surface area contributed by atoms with E-state index in [1.165, 1.54) is 45.6 Å². The molecular formula is C12H10N8O2S. The van der Waals surface area contributed by atoms with Gasteiger partial charge >= 0.3 is 0 Å². The van der Waals surface area contributed by atoms with Gasteiger partial charge in [0.25, 0.3) is 22.7 Å². The third-order valence-electron chi connectivity index (χ3n) is 3.14. The lowest BCUT2D eigenvalue weighted by atomic mass is 10.4. The number of aromatic amines is 2. The van der Waals surface area contributed by atoms with Gasteiger partial charge < -0.3 is 0 Å². The molecule has 23 heavy (non-hydrogen) atoms. The van der Waals surface area contributed by atoms with Crippen molar-refractivity contribution in [3.8, 4) is 0 Å². The number of nitrogens with zero attached hydrogens (tertiary/aromatic N) is 6. The molecular weight excluding hydrogens is 320 g/mol. The van der Waals surface area contributed by atoms with E-state index in [9.17, 15) is 9.59 Å². The van der Waals surface area contributed by atoms with Crippen molar-refractivity contribution in [2.24, 2.45) is 0 Å². The first-order valence-corrected chi connectivity index (χ1v) is 7.78. The Bertz CT molecular complexity index is 1020. The summed E-state index contributed by atoms with van der Waals surface area (Å²) in [6, 6.07) is 2.91. The average Bonchev–Trinajstić information content (AvgIpc) is 3.16. The molecule has 0 aromatic carbocycles. The predicted molar refractivity (Wildman–Crippen MR) is 82.2 cm³/mol. The molecule has 0 unspecified atom stereocenters. The third kappa shape index (κ3) is 2.50. The van der Waals surface area contributed by atoms with Crippen molar-refractivity contribution >= 4 is 23.3 Å². The van der Waals surface area contributed by atoms with E-state index in [0.29, 0.717) is 34.4 Å². The fourth-order valence-corrected chi connectivity index (χ4v) is 2.96. The molecule has 0 bridgehead atoms. The van der Waals surface area contributed by atoms with E-state index in [-0.39, 0.29) is 11.1 Å². The highest BCUT2D eigenvalue weighted by molar-refractivity contribution is 7.97. The molecule has 0 fully saturated rings. The zero-order valence-corrected chi connectivity index (χ0v) is 12.4. The van der Waals surface area contributed by atoms with Crippen LogP contribution in [0.25, 0.3) is 11.6 Å². The molecule has 0 saturated heterocycles. The lowest BCUT2D eigenvalue weighted by molar-refractivity contribution is 0.885. The number of rotatable bonds is 4. The number of H-pyrrole nitrogens is 2. The Labute approximate surface area is 131 Å². The van der Waals surface area contributed by atoms with Crippen LogP contribution in [-0.4, -0.2) is 39.2 Å². The van der Waals surface area contributed by atoms with Crippen LogP contribution in [0.1, 0.15) is 11.4 Å². The van der Waals surface area contributed by atoms with Gasteiger partial charge in [0.05, 0.1) is 11.4 Å². The van der Waals surface area contributed by atoms with Crippen LogP contribution >= 0.6 is 11.8 Å². The average molecular weight is 330 g/mol. The van der Waals surface area contributed by atoms with E-state index >= 15 is 0 Å². The smallest absolute Gasteiger partial charge is 0.274 e. The summed E-state index contributed by atoms with van der Waals surface area (Å²) in [7, 11) is 0. The van der Waals surface area contributed by atoms with Crippen molar-refractivity contribution in [2.45, 2.75) is 11.5 Å². The number of hydrogen-bond acceptors (Lipinski definition) is 7. The Kier molecular flexibility index (Phi) is 3.19. The molecule has 0 aliphatic carbocycles. The quantitative estimate of drug-likeness (QED) is 0.520. The molecule has 4 aromatic heterocycles. The van der Waals surface area contributed by atoms with Crippen LogP contribution in [0.3, 0.4) is 0 Å². The first-order chi connectivity index (χ1) is 11.2. The Morgan fingerprint density at radius 2 is 1.35 bits per heavy atom. The normalized spacial score (nSPS) is 11.5. The summed E-state index contributed by atoms with van der Waals surface area (Å²) in [6.45, 7) is 0. The monoisotopic (exact) mass is 330 g/mol. The van der Waals surface area contributed by atoms with E-state index in [0.717, 1.165) is 0 Å². The van der Waals surface area contributed by atoms with Crippen molar-refractivity contribution in [1.29, 1.82) is 0 Å². The zero-order valence-electron chi connectivity index (χ0n) is 11.6. The van der Waals surface area contributed by atoms with Gasteiger partial charge in [0.15, 0.2) is 0 Å². The Hall–Kier alpha value is -2.95. The number of aromatic nitrogens is 8. The molecule has 0 aliphatic rings. The van der Waals surface area contributed by atoms with Gasteiger partial charge in [-0.2, -0.15) is 9.03 Å². The molecule has 11 heteroatoms. The summed E-state index contributed by atoms with van der Waals surface area (Å²) >= 11 is 1.50. The largest absolute Gasteiger partial charge is 0.278 e. The molecule has 4 aromatic rings.